The molecule has 0 spiro atoms. The molecule has 0 bridgehead atoms. The molecule has 0 atom stereocenters. The van der Waals surface area contributed by atoms with Crippen LogP contribution in [0.5, 0.6) is 0 Å². The fourth-order valence-electron chi connectivity index (χ4n) is 1.19. The fraction of sp³-hybridized carbons (Fsp3) is 0.333. The normalized spacial score (nSPS) is 11.4. The van der Waals surface area contributed by atoms with Gasteiger partial charge in [-0.25, -0.2) is 0 Å². The van der Waals surface area contributed by atoms with Gasteiger partial charge in [0.1, 0.15) is 5.56 Å². The Kier molecular flexibility index (Phi) is 3.62. The number of nitrogens with zero attached hydrogens (tertiary/aromatic N) is 1. The Morgan fingerprint density at radius 3 is 2.33 bits per heavy atom. The molecule has 0 saturated heterocycles. The van der Waals surface area contributed by atoms with E-state index in [-0.39, 0.29) is 11.3 Å². The second-order valence-electron chi connectivity index (χ2n) is 2.72. The highest BCUT2D eigenvalue weighted by molar-refractivity contribution is 6.22. The number of ether oxygens (including phenoxy) is 2. The zero-order valence-corrected chi connectivity index (χ0v) is 9.02. The van der Waals surface area contributed by atoms with E-state index in [1.54, 1.807) is 12.1 Å². The van der Waals surface area contributed by atoms with Crippen molar-refractivity contribution in [1.82, 2.24) is 0 Å². The van der Waals surface area contributed by atoms with Gasteiger partial charge in [0.15, 0.2) is 0 Å². The smallest absolute Gasteiger partial charge is 0.282 e. The van der Waals surface area contributed by atoms with Gasteiger partial charge in [0, 0.05) is 20.3 Å². The highest BCUT2D eigenvalue weighted by Crippen LogP contribution is 2.36. The van der Waals surface area contributed by atoms with Crippen LogP contribution >= 0.6 is 11.6 Å². The van der Waals surface area contributed by atoms with Gasteiger partial charge in [-0.2, -0.15) is 0 Å². The predicted molar refractivity (Wildman–Crippen MR) is 54.6 cm³/mol. The third-order valence-electron chi connectivity index (χ3n) is 1.95. The largest absolute Gasteiger partial charge is 0.337 e. The van der Waals surface area contributed by atoms with Crippen molar-refractivity contribution in [2.24, 2.45) is 0 Å². The third kappa shape index (κ3) is 2.26. The van der Waals surface area contributed by atoms with E-state index in [0.29, 0.717) is 0 Å². The third-order valence-corrected chi connectivity index (χ3v) is 2.46. The lowest BCUT2D eigenvalue weighted by molar-refractivity contribution is -0.387. The van der Waals surface area contributed by atoms with Gasteiger partial charge in [0.25, 0.3) is 10.9 Å². The average molecular weight is 232 g/mol. The van der Waals surface area contributed by atoms with E-state index < -0.39 is 10.2 Å². The summed E-state index contributed by atoms with van der Waals surface area (Å²) in [5.41, 5.74) is 0.0258. The summed E-state index contributed by atoms with van der Waals surface area (Å²) in [6, 6.07) is 5.99. The first kappa shape index (κ1) is 11.9. The van der Waals surface area contributed by atoms with Crippen molar-refractivity contribution in [2.45, 2.75) is 5.25 Å². The van der Waals surface area contributed by atoms with E-state index in [1.165, 1.54) is 26.4 Å². The summed E-state index contributed by atoms with van der Waals surface area (Å²) < 4.78 is 9.81. The lowest BCUT2D eigenvalue weighted by Crippen LogP contribution is -2.24. The van der Waals surface area contributed by atoms with Gasteiger partial charge in [0.2, 0.25) is 0 Å². The van der Waals surface area contributed by atoms with Crippen LogP contribution < -0.4 is 0 Å². The topological polar surface area (TPSA) is 61.6 Å². The van der Waals surface area contributed by atoms with Crippen LogP contribution in [0.4, 0.5) is 5.69 Å². The number of halogens is 1. The van der Waals surface area contributed by atoms with Crippen molar-refractivity contribution >= 4 is 17.3 Å². The van der Waals surface area contributed by atoms with Gasteiger partial charge >= 0.3 is 0 Å². The fourth-order valence-corrected chi connectivity index (χ4v) is 1.35. The molecule has 0 unspecified atom stereocenters. The minimum absolute atomic E-state index is 0.142. The van der Waals surface area contributed by atoms with E-state index in [2.05, 4.69) is 0 Å². The van der Waals surface area contributed by atoms with Crippen LogP contribution in [-0.4, -0.2) is 19.1 Å². The van der Waals surface area contributed by atoms with Crippen molar-refractivity contribution in [3.63, 3.8) is 0 Å². The molecule has 0 heterocycles. The Hall–Kier alpha value is -1.17. The number of rotatable bonds is 4. The van der Waals surface area contributed by atoms with Gasteiger partial charge in [-0.1, -0.05) is 23.7 Å². The number of para-hydroxylation sites is 1. The number of nitro groups is 1. The minimum atomic E-state index is -1.62. The molecule has 0 saturated carbocycles. The Bertz CT molecular complexity index is 365. The standard InChI is InChI=1S/C9H10ClNO4/c1-14-9(10,15-2)7-5-3-4-6-8(7)11(12)13/h3-6H,1-2H3. The molecule has 0 aliphatic heterocycles. The van der Waals surface area contributed by atoms with Gasteiger partial charge < -0.3 is 9.47 Å². The highest BCUT2D eigenvalue weighted by Gasteiger charge is 2.35. The molecule has 1 aromatic rings. The lowest BCUT2D eigenvalue weighted by Gasteiger charge is -2.23. The molecule has 0 aromatic heterocycles. The summed E-state index contributed by atoms with van der Waals surface area (Å²) >= 11 is 5.93. The molecule has 1 rings (SSSR count). The van der Waals surface area contributed by atoms with E-state index in [1.807, 2.05) is 0 Å². The number of benzene rings is 1. The zero-order valence-electron chi connectivity index (χ0n) is 8.27. The second-order valence-corrected chi connectivity index (χ2v) is 3.22. The van der Waals surface area contributed by atoms with Gasteiger partial charge in [-0.05, 0) is 6.07 Å². The first-order valence-electron chi connectivity index (χ1n) is 4.08. The molecular formula is C9H10ClNO4. The number of alkyl halides is 1. The summed E-state index contributed by atoms with van der Waals surface area (Å²) in [5, 5.41) is 9.11. The van der Waals surface area contributed by atoms with Crippen LogP contribution in [0.1, 0.15) is 5.56 Å². The molecule has 0 radical (unpaired) electrons. The van der Waals surface area contributed by atoms with Crippen LogP contribution in [0.25, 0.3) is 0 Å². The molecule has 82 valence electrons. The molecule has 0 aliphatic rings. The number of nitro benzene ring substituents is 1. The van der Waals surface area contributed by atoms with Gasteiger partial charge in [-0.15, -0.1) is 0 Å². The summed E-state index contributed by atoms with van der Waals surface area (Å²) in [7, 11) is 2.63. The zero-order chi connectivity index (χ0) is 11.5. The predicted octanol–water partition coefficient (Wildman–Crippen LogP) is 2.24. The maximum absolute atomic E-state index is 10.7. The molecule has 15 heavy (non-hydrogen) atoms. The molecule has 0 aliphatic carbocycles. The highest BCUT2D eigenvalue weighted by atomic mass is 35.5. The monoisotopic (exact) mass is 231 g/mol. The van der Waals surface area contributed by atoms with E-state index in [0.717, 1.165) is 0 Å². The number of methoxy groups -OCH3 is 2. The Labute approximate surface area is 91.7 Å². The summed E-state index contributed by atoms with van der Waals surface area (Å²) in [4.78, 5) is 10.2. The maximum atomic E-state index is 10.7. The van der Waals surface area contributed by atoms with Crippen molar-refractivity contribution < 1.29 is 14.4 Å². The van der Waals surface area contributed by atoms with Crippen LogP contribution in [0, 0.1) is 10.1 Å². The Balaban J connectivity index is 3.29. The molecule has 0 fully saturated rings. The minimum Gasteiger partial charge on any atom is -0.337 e. The molecule has 5 nitrogen and oxygen atoms in total. The second kappa shape index (κ2) is 4.57. The van der Waals surface area contributed by atoms with Crippen LogP contribution in [0.3, 0.4) is 0 Å². The van der Waals surface area contributed by atoms with Crippen LogP contribution in [0.2, 0.25) is 0 Å². The molecular weight excluding hydrogens is 222 g/mol. The quantitative estimate of drug-likeness (QED) is 0.345. The van der Waals surface area contributed by atoms with Crippen molar-refractivity contribution in [3.8, 4) is 0 Å². The molecule has 1 aromatic carbocycles. The van der Waals surface area contributed by atoms with Gasteiger partial charge in [-0.3, -0.25) is 10.1 Å². The van der Waals surface area contributed by atoms with E-state index in [9.17, 15) is 10.1 Å². The summed E-state index contributed by atoms with van der Waals surface area (Å²) in [6.45, 7) is 0. The van der Waals surface area contributed by atoms with E-state index in [4.69, 9.17) is 21.1 Å². The van der Waals surface area contributed by atoms with Crippen molar-refractivity contribution in [3.05, 3.63) is 39.9 Å². The summed E-state index contributed by atoms with van der Waals surface area (Å²) in [6.07, 6.45) is 0. The van der Waals surface area contributed by atoms with E-state index >= 15 is 0 Å². The van der Waals surface area contributed by atoms with Crippen LogP contribution in [-0.2, 0) is 14.7 Å². The number of hydrogen-bond acceptors (Lipinski definition) is 4. The van der Waals surface area contributed by atoms with Crippen molar-refractivity contribution in [1.29, 1.82) is 0 Å². The van der Waals surface area contributed by atoms with Crippen LogP contribution in [0.15, 0.2) is 24.3 Å². The van der Waals surface area contributed by atoms with Gasteiger partial charge in [0.05, 0.1) is 4.92 Å². The number of hydrogen-bond donors (Lipinski definition) is 0. The first-order chi connectivity index (χ1) is 7.05. The lowest BCUT2D eigenvalue weighted by atomic mass is 10.1. The maximum Gasteiger partial charge on any atom is 0.282 e. The molecule has 6 heteroatoms. The van der Waals surface area contributed by atoms with Crippen molar-refractivity contribution in [2.75, 3.05) is 14.2 Å². The first-order valence-corrected chi connectivity index (χ1v) is 4.46. The average Bonchev–Trinajstić information content (AvgIpc) is 2.28. The summed E-state index contributed by atoms with van der Waals surface area (Å²) in [5.74, 6) is 0. The molecule has 0 amide bonds. The molecule has 0 N–H and O–H groups in total. The SMILES string of the molecule is COC(Cl)(OC)c1ccccc1[N+](=O)[O-]. The Morgan fingerprint density at radius 1 is 1.33 bits per heavy atom. The Morgan fingerprint density at radius 2 is 1.87 bits per heavy atom.